The Morgan fingerprint density at radius 2 is 2.36 bits per heavy atom. The van der Waals surface area contributed by atoms with E-state index in [2.05, 4.69) is 15.0 Å². The smallest absolute Gasteiger partial charge is 0.327 e. The van der Waals surface area contributed by atoms with Crippen molar-refractivity contribution in [2.75, 3.05) is 6.61 Å². The first-order chi connectivity index (χ1) is 9.97. The number of rotatable bonds is 4. The average Bonchev–Trinajstić information content (AvgIpc) is 2.81. The second-order valence-electron chi connectivity index (χ2n) is 4.71. The number of azide groups is 1. The zero-order valence-corrected chi connectivity index (χ0v) is 14.7. The molecular formula is C12H14N5O4Y-. The van der Waals surface area contributed by atoms with Crippen LogP contribution < -0.4 is 11.2 Å². The molecular weight excluding hydrogens is 367 g/mol. The molecule has 10 heteroatoms. The number of aliphatic hydroxyl groups excluding tert-OH is 1. The summed E-state index contributed by atoms with van der Waals surface area (Å²) < 4.78 is 6.66. The maximum atomic E-state index is 11.9. The van der Waals surface area contributed by atoms with Gasteiger partial charge in [-0.3, -0.25) is 20.9 Å². The van der Waals surface area contributed by atoms with Crippen LogP contribution in [0.2, 0.25) is 0 Å². The summed E-state index contributed by atoms with van der Waals surface area (Å²) in [4.78, 5) is 28.3. The Bertz CT molecular complexity index is 721. The Labute approximate surface area is 150 Å². The number of ether oxygens (including phenoxy) is 1. The fraction of sp³-hybridized carbons (Fsp3) is 0.500. The number of hydrogen-bond donors (Lipinski definition) is 2. The molecule has 1 saturated heterocycles. The summed E-state index contributed by atoms with van der Waals surface area (Å²) in [6.07, 6.45) is 0.0643. The molecule has 22 heavy (non-hydrogen) atoms. The molecule has 1 aromatic rings. The third kappa shape index (κ3) is 3.74. The molecule has 1 radical (unpaired) electrons. The van der Waals surface area contributed by atoms with Crippen LogP contribution in [0.15, 0.2) is 20.9 Å². The number of hydrogen-bond acceptors (Lipinski definition) is 5. The van der Waals surface area contributed by atoms with Crippen LogP contribution in [-0.2, 0) is 37.4 Å². The standard InChI is InChI=1S/C12H14N5O4.Y/c1-6(2)7-4-17(12(20)14-11(7)19)10-3-8(15-16-13)9(5-18)21-10;/h1,4,8-10,18H,3,5H2,2H3,(H,14,19,20);/q-1;/t8-,9-,10-;/m1./s1. The Morgan fingerprint density at radius 1 is 1.68 bits per heavy atom. The Morgan fingerprint density at radius 3 is 2.91 bits per heavy atom. The molecule has 1 aliphatic rings. The van der Waals surface area contributed by atoms with E-state index in [-0.39, 0.29) is 56.9 Å². The number of aromatic amines is 1. The van der Waals surface area contributed by atoms with Crippen molar-refractivity contribution < 1.29 is 42.6 Å². The average molecular weight is 381 g/mol. The van der Waals surface area contributed by atoms with Gasteiger partial charge in [0.25, 0.3) is 0 Å². The van der Waals surface area contributed by atoms with Crippen LogP contribution in [0.5, 0.6) is 0 Å². The van der Waals surface area contributed by atoms with Crippen molar-refractivity contribution in [2.24, 2.45) is 5.11 Å². The van der Waals surface area contributed by atoms with Crippen molar-refractivity contribution in [3.8, 4) is 0 Å². The molecule has 0 aliphatic carbocycles. The summed E-state index contributed by atoms with van der Waals surface area (Å²) in [5.74, 6) is 0. The van der Waals surface area contributed by atoms with Crippen LogP contribution in [-0.4, -0.2) is 33.4 Å². The molecule has 1 fully saturated rings. The molecule has 0 amide bonds. The van der Waals surface area contributed by atoms with Gasteiger partial charge in [0.05, 0.1) is 18.8 Å². The monoisotopic (exact) mass is 381 g/mol. The quantitative estimate of drug-likeness (QED) is 0.336. The van der Waals surface area contributed by atoms with Crippen LogP contribution in [0, 0.1) is 6.58 Å². The van der Waals surface area contributed by atoms with E-state index in [1.54, 1.807) is 0 Å². The van der Waals surface area contributed by atoms with E-state index in [0.717, 1.165) is 0 Å². The summed E-state index contributed by atoms with van der Waals surface area (Å²) in [5.41, 5.74) is 7.66. The van der Waals surface area contributed by atoms with Gasteiger partial charge in [0.1, 0.15) is 6.23 Å². The fourth-order valence-electron chi connectivity index (χ4n) is 2.22. The summed E-state index contributed by atoms with van der Waals surface area (Å²) in [6, 6.07) is -0.588. The minimum Gasteiger partial charge on any atom is -0.394 e. The third-order valence-electron chi connectivity index (χ3n) is 3.29. The Kier molecular flexibility index (Phi) is 6.71. The number of aliphatic hydroxyl groups is 1. The molecule has 0 spiro atoms. The largest absolute Gasteiger partial charge is 0.394 e. The molecule has 0 unspecified atom stereocenters. The molecule has 1 aromatic heterocycles. The van der Waals surface area contributed by atoms with Gasteiger partial charge in [-0.05, 0) is 5.53 Å². The van der Waals surface area contributed by atoms with E-state index in [1.807, 2.05) is 0 Å². The Hall–Kier alpha value is -1.25. The van der Waals surface area contributed by atoms with Gasteiger partial charge in [0.15, 0.2) is 5.56 Å². The van der Waals surface area contributed by atoms with E-state index in [1.165, 1.54) is 17.7 Å². The molecule has 2 rings (SSSR count). The molecule has 0 aromatic carbocycles. The van der Waals surface area contributed by atoms with Gasteiger partial charge in [-0.25, -0.2) is 10.4 Å². The number of allylic oxidation sites excluding steroid dienone is 1. The molecule has 2 N–H and O–H groups in total. The van der Waals surface area contributed by atoms with E-state index in [9.17, 15) is 14.7 Å². The van der Waals surface area contributed by atoms with E-state index >= 15 is 0 Å². The number of H-pyrrole nitrogens is 1. The van der Waals surface area contributed by atoms with Crippen molar-refractivity contribution in [3.63, 3.8) is 0 Å². The first-order valence-electron chi connectivity index (χ1n) is 6.23. The summed E-state index contributed by atoms with van der Waals surface area (Å²) in [7, 11) is 0. The zero-order chi connectivity index (χ0) is 15.6. The van der Waals surface area contributed by atoms with Crippen LogP contribution in [0.4, 0.5) is 0 Å². The fourth-order valence-corrected chi connectivity index (χ4v) is 2.22. The third-order valence-corrected chi connectivity index (χ3v) is 3.29. The SMILES string of the molecule is [CH-]=C(C)c1cn([C@H]2C[C@@H](N=[N+]=[N-])[C@@H](CO)O2)c(=O)[nH]c1=O.[Y]. The first-order valence-corrected chi connectivity index (χ1v) is 6.23. The van der Waals surface area contributed by atoms with Crippen LogP contribution in [0.25, 0.3) is 16.0 Å². The van der Waals surface area contributed by atoms with Gasteiger partial charge in [0.2, 0.25) is 0 Å². The number of aromatic nitrogens is 2. The first kappa shape index (κ1) is 18.8. The molecule has 0 saturated carbocycles. The minimum absolute atomic E-state index is 0. The van der Waals surface area contributed by atoms with Crippen LogP contribution in [0.3, 0.4) is 0 Å². The molecule has 3 atom stereocenters. The van der Waals surface area contributed by atoms with Crippen molar-refractivity contribution in [1.82, 2.24) is 9.55 Å². The second-order valence-corrected chi connectivity index (χ2v) is 4.71. The van der Waals surface area contributed by atoms with Gasteiger partial charge >= 0.3 is 5.69 Å². The van der Waals surface area contributed by atoms with E-state index in [4.69, 9.17) is 16.8 Å². The predicted octanol–water partition coefficient (Wildman–Crippen LogP) is 0.329. The summed E-state index contributed by atoms with van der Waals surface area (Å²) >= 11 is 0. The van der Waals surface area contributed by atoms with Gasteiger partial charge < -0.3 is 9.84 Å². The minimum atomic E-state index is -0.750. The molecule has 0 bridgehead atoms. The van der Waals surface area contributed by atoms with Crippen molar-refractivity contribution >= 4 is 5.57 Å². The zero-order valence-electron chi connectivity index (χ0n) is 11.8. The predicted molar refractivity (Wildman–Crippen MR) is 73.3 cm³/mol. The molecule has 1 aliphatic heterocycles. The molecule has 9 nitrogen and oxygen atoms in total. The number of nitrogens with one attached hydrogen (secondary N) is 1. The van der Waals surface area contributed by atoms with E-state index < -0.39 is 29.6 Å². The maximum Gasteiger partial charge on any atom is 0.327 e. The topological polar surface area (TPSA) is 133 Å². The molecule has 115 valence electrons. The second kappa shape index (κ2) is 7.85. The van der Waals surface area contributed by atoms with Crippen molar-refractivity contribution in [1.29, 1.82) is 0 Å². The van der Waals surface area contributed by atoms with Gasteiger partial charge in [-0.1, -0.05) is 23.8 Å². The number of nitrogens with zero attached hydrogens (tertiary/aromatic N) is 4. The van der Waals surface area contributed by atoms with E-state index in [0.29, 0.717) is 0 Å². The molecule has 2 heterocycles. The normalized spacial score (nSPS) is 23.5. The maximum absolute atomic E-state index is 11.9. The summed E-state index contributed by atoms with van der Waals surface area (Å²) in [5, 5.41) is 12.7. The van der Waals surface area contributed by atoms with Crippen LogP contribution in [0.1, 0.15) is 25.1 Å². The Balaban J connectivity index is 0.00000242. The summed E-state index contributed by atoms with van der Waals surface area (Å²) in [6.45, 7) is 6.79. The van der Waals surface area contributed by atoms with Gasteiger partial charge in [-0.15, -0.1) is 0 Å². The van der Waals surface area contributed by atoms with Crippen molar-refractivity contribution in [2.45, 2.75) is 31.7 Å². The van der Waals surface area contributed by atoms with Crippen LogP contribution >= 0.6 is 0 Å². The van der Waals surface area contributed by atoms with Gasteiger partial charge in [-0.2, -0.15) is 0 Å². The van der Waals surface area contributed by atoms with Crippen molar-refractivity contribution in [3.05, 3.63) is 49.6 Å². The van der Waals surface area contributed by atoms with Gasteiger partial charge in [0, 0.05) is 44.0 Å².